The number of carbonyl (C=O) groups is 1. The number of nitrogens with zero attached hydrogens (tertiary/aromatic N) is 4. The molecule has 6 heteroatoms. The molecule has 1 aliphatic heterocycles. The minimum Gasteiger partial charge on any atom is -0.335 e. The molecule has 0 saturated carbocycles. The lowest BCUT2D eigenvalue weighted by molar-refractivity contribution is 0.0612. The van der Waals surface area contributed by atoms with Crippen LogP contribution >= 0.6 is 11.3 Å². The number of amides is 1. The highest BCUT2D eigenvalue weighted by Gasteiger charge is 2.29. The van der Waals surface area contributed by atoms with Crippen LogP contribution in [0.2, 0.25) is 0 Å². The number of carbonyl (C=O) groups excluding carboxylic acids is 1. The first-order valence-electron chi connectivity index (χ1n) is 10.9. The third kappa shape index (κ3) is 3.93. The van der Waals surface area contributed by atoms with Gasteiger partial charge in [-0.2, -0.15) is 5.10 Å². The van der Waals surface area contributed by atoms with Crippen LogP contribution in [0.3, 0.4) is 0 Å². The van der Waals surface area contributed by atoms with E-state index < -0.39 is 0 Å². The number of aromatic nitrogens is 3. The number of rotatable bonds is 5. The summed E-state index contributed by atoms with van der Waals surface area (Å²) in [4.78, 5) is 20.9. The van der Waals surface area contributed by atoms with Crippen LogP contribution in [0.1, 0.15) is 70.5 Å². The fourth-order valence-electron chi connectivity index (χ4n) is 4.41. The molecule has 2 aromatic heterocycles. The Labute approximate surface area is 182 Å². The monoisotopic (exact) mass is 422 g/mol. The molecule has 3 heterocycles. The molecule has 0 aliphatic carbocycles. The number of likely N-dealkylation sites (tertiary alicyclic amines) is 1. The highest BCUT2D eigenvalue weighted by molar-refractivity contribution is 7.16. The van der Waals surface area contributed by atoms with E-state index in [0.29, 0.717) is 6.04 Å². The molecule has 3 aromatic rings. The van der Waals surface area contributed by atoms with Crippen molar-refractivity contribution in [2.75, 3.05) is 6.54 Å². The molecule has 0 bridgehead atoms. The molecule has 0 N–H and O–H groups in total. The van der Waals surface area contributed by atoms with Gasteiger partial charge in [-0.05, 0) is 52.0 Å². The van der Waals surface area contributed by atoms with Crippen molar-refractivity contribution >= 4 is 17.2 Å². The highest BCUT2D eigenvalue weighted by atomic mass is 32.1. The number of thiazole rings is 1. The molecule has 1 aliphatic rings. The average molecular weight is 423 g/mol. The third-order valence-corrected chi connectivity index (χ3v) is 7.31. The van der Waals surface area contributed by atoms with E-state index in [-0.39, 0.29) is 5.91 Å². The van der Waals surface area contributed by atoms with Crippen molar-refractivity contribution in [3.05, 3.63) is 63.4 Å². The topological polar surface area (TPSA) is 51.0 Å². The molecule has 158 valence electrons. The third-order valence-electron chi connectivity index (χ3n) is 6.18. The second-order valence-corrected chi connectivity index (χ2v) is 9.17. The Morgan fingerprint density at radius 3 is 2.63 bits per heavy atom. The Kier molecular flexibility index (Phi) is 6.04. The molecular weight excluding hydrogens is 392 g/mol. The Hall–Kier alpha value is -2.47. The summed E-state index contributed by atoms with van der Waals surface area (Å²) in [5.74, 6) is 0.133. The quantitative estimate of drug-likeness (QED) is 0.564. The van der Waals surface area contributed by atoms with Gasteiger partial charge in [-0.25, -0.2) is 9.67 Å². The van der Waals surface area contributed by atoms with Gasteiger partial charge in [0.2, 0.25) is 5.13 Å². The van der Waals surface area contributed by atoms with Crippen LogP contribution in [0.25, 0.3) is 5.13 Å². The zero-order chi connectivity index (χ0) is 21.3. The van der Waals surface area contributed by atoms with Crippen molar-refractivity contribution in [3.8, 4) is 5.13 Å². The predicted molar refractivity (Wildman–Crippen MR) is 122 cm³/mol. The summed E-state index contributed by atoms with van der Waals surface area (Å²) in [5.41, 5.74) is 5.40. The molecule has 30 heavy (non-hydrogen) atoms. The smallest absolute Gasteiger partial charge is 0.266 e. The summed E-state index contributed by atoms with van der Waals surface area (Å²) in [6.07, 6.45) is 5.27. The van der Waals surface area contributed by atoms with Crippen molar-refractivity contribution in [1.29, 1.82) is 0 Å². The zero-order valence-corrected chi connectivity index (χ0v) is 19.1. The van der Waals surface area contributed by atoms with E-state index in [4.69, 9.17) is 10.1 Å². The Morgan fingerprint density at radius 2 is 1.90 bits per heavy atom. The van der Waals surface area contributed by atoms with Gasteiger partial charge in [-0.15, -0.1) is 0 Å². The van der Waals surface area contributed by atoms with Crippen LogP contribution in [-0.2, 0) is 6.42 Å². The van der Waals surface area contributed by atoms with Crippen molar-refractivity contribution < 1.29 is 4.79 Å². The van der Waals surface area contributed by atoms with Gasteiger partial charge in [0.25, 0.3) is 5.91 Å². The summed E-state index contributed by atoms with van der Waals surface area (Å²) < 4.78 is 1.91. The van der Waals surface area contributed by atoms with Crippen molar-refractivity contribution in [1.82, 2.24) is 19.7 Å². The van der Waals surface area contributed by atoms with E-state index in [1.165, 1.54) is 28.9 Å². The fourth-order valence-corrected chi connectivity index (χ4v) is 5.44. The van der Waals surface area contributed by atoms with Gasteiger partial charge < -0.3 is 4.90 Å². The minimum atomic E-state index is 0.133. The van der Waals surface area contributed by atoms with Gasteiger partial charge in [0, 0.05) is 30.3 Å². The molecule has 1 fully saturated rings. The minimum absolute atomic E-state index is 0.133. The summed E-state index contributed by atoms with van der Waals surface area (Å²) in [5, 5.41) is 5.55. The number of hydrogen-bond acceptors (Lipinski definition) is 4. The molecule has 1 atom stereocenters. The summed E-state index contributed by atoms with van der Waals surface area (Å²) in [6, 6.07) is 10.8. The van der Waals surface area contributed by atoms with E-state index in [1.54, 1.807) is 0 Å². The molecule has 1 aromatic carbocycles. The largest absolute Gasteiger partial charge is 0.335 e. The fraction of sp³-hybridized carbons (Fsp3) is 0.458. The number of hydrogen-bond donors (Lipinski definition) is 0. The van der Waals surface area contributed by atoms with Crippen LogP contribution in [0.5, 0.6) is 0 Å². The lowest BCUT2D eigenvalue weighted by atomic mass is 10.00. The second-order valence-electron chi connectivity index (χ2n) is 8.19. The Morgan fingerprint density at radius 1 is 1.13 bits per heavy atom. The summed E-state index contributed by atoms with van der Waals surface area (Å²) >= 11 is 1.47. The van der Waals surface area contributed by atoms with Crippen LogP contribution in [-0.4, -0.2) is 38.2 Å². The Bertz CT molecular complexity index is 1040. The SMILES string of the molecule is CC[C@@H]1CCCCN1C(=O)c1sc(-n2nc(C)c(Cc3ccccc3)c2C)nc1C. The number of piperidine rings is 1. The van der Waals surface area contributed by atoms with E-state index in [1.807, 2.05) is 24.6 Å². The number of aryl methyl sites for hydroxylation is 2. The lowest BCUT2D eigenvalue weighted by Crippen LogP contribution is -2.43. The van der Waals surface area contributed by atoms with Crippen molar-refractivity contribution in [2.45, 2.75) is 65.8 Å². The maximum atomic E-state index is 13.3. The molecule has 0 unspecified atom stereocenters. The molecule has 1 amide bonds. The maximum absolute atomic E-state index is 13.3. The van der Waals surface area contributed by atoms with Crippen LogP contribution in [0.15, 0.2) is 30.3 Å². The van der Waals surface area contributed by atoms with Gasteiger partial charge in [-0.1, -0.05) is 48.6 Å². The molecule has 5 nitrogen and oxygen atoms in total. The van der Waals surface area contributed by atoms with Crippen LogP contribution < -0.4 is 0 Å². The highest BCUT2D eigenvalue weighted by Crippen LogP contribution is 2.29. The van der Waals surface area contributed by atoms with Crippen molar-refractivity contribution in [3.63, 3.8) is 0 Å². The zero-order valence-electron chi connectivity index (χ0n) is 18.3. The van der Waals surface area contributed by atoms with Gasteiger partial charge in [0.05, 0.1) is 11.4 Å². The first-order chi connectivity index (χ1) is 14.5. The van der Waals surface area contributed by atoms with Crippen LogP contribution in [0, 0.1) is 20.8 Å². The van der Waals surface area contributed by atoms with Gasteiger partial charge in [0.1, 0.15) is 4.88 Å². The van der Waals surface area contributed by atoms with E-state index in [0.717, 1.165) is 59.3 Å². The summed E-state index contributed by atoms with van der Waals surface area (Å²) in [6.45, 7) is 9.10. The lowest BCUT2D eigenvalue weighted by Gasteiger charge is -2.35. The van der Waals surface area contributed by atoms with Gasteiger partial charge >= 0.3 is 0 Å². The molecule has 4 rings (SSSR count). The molecular formula is C24H30N4OS. The van der Waals surface area contributed by atoms with E-state index in [9.17, 15) is 4.79 Å². The van der Waals surface area contributed by atoms with Gasteiger partial charge in [0.15, 0.2) is 0 Å². The summed E-state index contributed by atoms with van der Waals surface area (Å²) in [7, 11) is 0. The second kappa shape index (κ2) is 8.72. The first kappa shape index (κ1) is 20.8. The van der Waals surface area contributed by atoms with Gasteiger partial charge in [-0.3, -0.25) is 4.79 Å². The van der Waals surface area contributed by atoms with Crippen molar-refractivity contribution in [2.24, 2.45) is 0 Å². The Balaban J connectivity index is 1.63. The maximum Gasteiger partial charge on any atom is 0.266 e. The standard InChI is InChI=1S/C24H30N4OS/c1-5-20-13-9-10-14-27(20)23(29)22-17(3)25-24(30-22)28-18(4)21(16(2)26-28)15-19-11-7-6-8-12-19/h6-8,11-12,20H,5,9-10,13-15H2,1-4H3/t20-/m1/s1. The molecule has 0 spiro atoms. The van der Waals surface area contributed by atoms with E-state index >= 15 is 0 Å². The first-order valence-corrected chi connectivity index (χ1v) is 11.7. The predicted octanol–water partition coefficient (Wildman–Crippen LogP) is 5.25. The average Bonchev–Trinajstić information content (AvgIpc) is 3.28. The number of benzene rings is 1. The molecule has 0 radical (unpaired) electrons. The van der Waals surface area contributed by atoms with Crippen LogP contribution in [0.4, 0.5) is 0 Å². The molecule has 1 saturated heterocycles. The normalized spacial score (nSPS) is 16.8. The van der Waals surface area contributed by atoms with E-state index in [2.05, 4.69) is 43.0 Å².